The molecule has 1 unspecified atom stereocenters. The summed E-state index contributed by atoms with van der Waals surface area (Å²) in [5, 5.41) is 0. The van der Waals surface area contributed by atoms with Gasteiger partial charge in [0.25, 0.3) is 0 Å². The lowest BCUT2D eigenvalue weighted by Crippen LogP contribution is -2.13. The van der Waals surface area contributed by atoms with E-state index >= 15 is 0 Å². The van der Waals surface area contributed by atoms with Crippen molar-refractivity contribution in [2.24, 2.45) is 0 Å². The van der Waals surface area contributed by atoms with E-state index in [1.165, 1.54) is 0 Å². The number of anilines is 1. The van der Waals surface area contributed by atoms with Gasteiger partial charge in [0, 0.05) is 24.3 Å². The summed E-state index contributed by atoms with van der Waals surface area (Å²) in [4.78, 5) is 12.0. The monoisotopic (exact) mass is 283 g/mol. The van der Waals surface area contributed by atoms with Gasteiger partial charge in [-0.15, -0.1) is 0 Å². The molecule has 1 aromatic carbocycles. The van der Waals surface area contributed by atoms with Crippen molar-refractivity contribution < 1.29 is 17.9 Å². The highest BCUT2D eigenvalue weighted by molar-refractivity contribution is 7.92. The first-order chi connectivity index (χ1) is 8.94. The summed E-state index contributed by atoms with van der Waals surface area (Å²) in [6.07, 6.45) is 3.44. The highest BCUT2D eigenvalue weighted by atomic mass is 32.2. The Morgan fingerprint density at radius 3 is 2.58 bits per heavy atom. The molecule has 1 fully saturated rings. The van der Waals surface area contributed by atoms with Crippen LogP contribution in [-0.2, 0) is 14.8 Å². The zero-order valence-corrected chi connectivity index (χ0v) is 11.6. The summed E-state index contributed by atoms with van der Waals surface area (Å²) < 4.78 is 29.9. The third-order valence-corrected chi connectivity index (χ3v) is 3.55. The second-order valence-electron chi connectivity index (χ2n) is 4.71. The first kappa shape index (κ1) is 14.0. The van der Waals surface area contributed by atoms with E-state index in [0.29, 0.717) is 17.7 Å². The second-order valence-corrected chi connectivity index (χ2v) is 6.46. The highest BCUT2D eigenvalue weighted by Gasteiger charge is 2.19. The predicted octanol–water partition coefficient (Wildman–Crippen LogP) is 1.81. The van der Waals surface area contributed by atoms with Crippen LogP contribution in [0.15, 0.2) is 24.3 Å². The maximum absolute atomic E-state index is 12.0. The SMILES string of the molecule is CS(=O)(=O)Nc1ccc(C(=O)CC2CCCO2)cc1. The molecule has 0 amide bonds. The van der Waals surface area contributed by atoms with Crippen LogP contribution in [0.3, 0.4) is 0 Å². The van der Waals surface area contributed by atoms with Gasteiger partial charge in [-0.3, -0.25) is 9.52 Å². The van der Waals surface area contributed by atoms with Gasteiger partial charge in [-0.25, -0.2) is 8.42 Å². The van der Waals surface area contributed by atoms with Crippen molar-refractivity contribution in [3.05, 3.63) is 29.8 Å². The molecule has 1 atom stereocenters. The van der Waals surface area contributed by atoms with Crippen LogP contribution >= 0.6 is 0 Å². The topological polar surface area (TPSA) is 72.5 Å². The van der Waals surface area contributed by atoms with Crippen LogP contribution < -0.4 is 4.72 Å². The van der Waals surface area contributed by atoms with Crippen LogP contribution in [0.25, 0.3) is 0 Å². The summed E-state index contributed by atoms with van der Waals surface area (Å²) in [7, 11) is -3.28. The molecule has 19 heavy (non-hydrogen) atoms. The van der Waals surface area contributed by atoms with Crippen LogP contribution in [0.4, 0.5) is 5.69 Å². The van der Waals surface area contributed by atoms with Crippen molar-refractivity contribution in [3.8, 4) is 0 Å². The number of ether oxygens (including phenoxy) is 1. The molecule has 1 N–H and O–H groups in total. The minimum Gasteiger partial charge on any atom is -0.378 e. The fraction of sp³-hybridized carbons (Fsp3) is 0.462. The fourth-order valence-corrected chi connectivity index (χ4v) is 2.63. The van der Waals surface area contributed by atoms with Crippen molar-refractivity contribution in [2.75, 3.05) is 17.6 Å². The van der Waals surface area contributed by atoms with Crippen LogP contribution in [0.1, 0.15) is 29.6 Å². The molecule has 104 valence electrons. The smallest absolute Gasteiger partial charge is 0.229 e. The first-order valence-electron chi connectivity index (χ1n) is 6.17. The average molecular weight is 283 g/mol. The number of sulfonamides is 1. The largest absolute Gasteiger partial charge is 0.378 e. The molecule has 0 saturated carbocycles. The van der Waals surface area contributed by atoms with Crippen molar-refractivity contribution in [3.63, 3.8) is 0 Å². The van der Waals surface area contributed by atoms with Gasteiger partial charge in [0.2, 0.25) is 10.0 Å². The molecule has 5 nitrogen and oxygen atoms in total. The molecule has 0 radical (unpaired) electrons. The lowest BCUT2D eigenvalue weighted by atomic mass is 10.0. The highest BCUT2D eigenvalue weighted by Crippen LogP contribution is 2.19. The van der Waals surface area contributed by atoms with Crippen LogP contribution in [0.5, 0.6) is 0 Å². The molecule has 1 aromatic rings. The van der Waals surface area contributed by atoms with E-state index in [0.717, 1.165) is 25.7 Å². The fourth-order valence-electron chi connectivity index (χ4n) is 2.07. The van der Waals surface area contributed by atoms with Crippen LogP contribution in [-0.4, -0.2) is 33.2 Å². The lowest BCUT2D eigenvalue weighted by molar-refractivity contribution is 0.0775. The number of Topliss-reactive ketones (excluding diaryl/α,β-unsaturated/α-hetero) is 1. The number of carbonyl (C=O) groups excluding carboxylic acids is 1. The maximum atomic E-state index is 12.0. The van der Waals surface area contributed by atoms with Gasteiger partial charge in [-0.2, -0.15) is 0 Å². The van der Waals surface area contributed by atoms with Gasteiger partial charge in [-0.1, -0.05) is 0 Å². The summed E-state index contributed by atoms with van der Waals surface area (Å²) >= 11 is 0. The molecule has 2 rings (SSSR count). The van der Waals surface area contributed by atoms with Gasteiger partial charge in [0.05, 0.1) is 12.4 Å². The molecule has 0 bridgehead atoms. The molecule has 1 aliphatic rings. The van der Waals surface area contributed by atoms with E-state index in [1.807, 2.05) is 0 Å². The Balaban J connectivity index is 1.99. The Kier molecular flexibility index (Phi) is 4.21. The number of hydrogen-bond acceptors (Lipinski definition) is 4. The summed E-state index contributed by atoms with van der Waals surface area (Å²) in [5.74, 6) is 0.0257. The number of nitrogens with one attached hydrogen (secondary N) is 1. The minimum absolute atomic E-state index is 0.0257. The molecule has 0 aromatic heterocycles. The van der Waals surface area contributed by atoms with Crippen LogP contribution in [0, 0.1) is 0 Å². The van der Waals surface area contributed by atoms with Crippen molar-refractivity contribution in [2.45, 2.75) is 25.4 Å². The molecule has 1 saturated heterocycles. The Morgan fingerprint density at radius 1 is 1.37 bits per heavy atom. The standard InChI is InChI=1S/C13H17NO4S/c1-19(16,17)14-11-6-4-10(5-7-11)13(15)9-12-3-2-8-18-12/h4-7,12,14H,2-3,8-9H2,1H3. The Labute approximate surface area is 113 Å². The van der Waals surface area contributed by atoms with E-state index in [9.17, 15) is 13.2 Å². The normalized spacial score (nSPS) is 19.3. The van der Waals surface area contributed by atoms with E-state index in [4.69, 9.17) is 4.74 Å². The second kappa shape index (κ2) is 5.71. The molecular weight excluding hydrogens is 266 g/mol. The third-order valence-electron chi connectivity index (χ3n) is 2.95. The van der Waals surface area contributed by atoms with Crippen molar-refractivity contribution in [1.29, 1.82) is 0 Å². The molecule has 6 heteroatoms. The maximum Gasteiger partial charge on any atom is 0.229 e. The lowest BCUT2D eigenvalue weighted by Gasteiger charge is -2.09. The molecule has 1 heterocycles. The van der Waals surface area contributed by atoms with E-state index in [2.05, 4.69) is 4.72 Å². The zero-order chi connectivity index (χ0) is 13.9. The predicted molar refractivity (Wildman–Crippen MR) is 72.8 cm³/mol. The third kappa shape index (κ3) is 4.33. The van der Waals surface area contributed by atoms with Gasteiger partial charge >= 0.3 is 0 Å². The first-order valence-corrected chi connectivity index (χ1v) is 8.06. The van der Waals surface area contributed by atoms with E-state index in [-0.39, 0.29) is 11.9 Å². The number of ketones is 1. The number of hydrogen-bond donors (Lipinski definition) is 1. The Morgan fingerprint density at radius 2 is 2.05 bits per heavy atom. The summed E-state index contributed by atoms with van der Waals surface area (Å²) in [6.45, 7) is 0.731. The average Bonchev–Trinajstić information content (AvgIpc) is 2.80. The number of benzene rings is 1. The summed E-state index contributed by atoms with van der Waals surface area (Å²) in [6, 6.07) is 6.43. The zero-order valence-electron chi connectivity index (χ0n) is 10.8. The molecule has 0 aliphatic carbocycles. The Bertz CT molecular complexity index is 545. The molecular formula is C13H17NO4S. The van der Waals surface area contributed by atoms with Gasteiger partial charge in [0.15, 0.2) is 5.78 Å². The van der Waals surface area contributed by atoms with E-state index in [1.54, 1.807) is 24.3 Å². The van der Waals surface area contributed by atoms with Gasteiger partial charge < -0.3 is 4.74 Å². The van der Waals surface area contributed by atoms with Crippen LogP contribution in [0.2, 0.25) is 0 Å². The number of carbonyl (C=O) groups is 1. The number of rotatable bonds is 5. The molecule has 0 spiro atoms. The summed E-state index contributed by atoms with van der Waals surface area (Å²) in [5.41, 5.74) is 1.03. The van der Waals surface area contributed by atoms with Gasteiger partial charge in [-0.05, 0) is 37.1 Å². The molecule has 1 aliphatic heterocycles. The van der Waals surface area contributed by atoms with Gasteiger partial charge in [0.1, 0.15) is 0 Å². The Hall–Kier alpha value is -1.40. The minimum atomic E-state index is -3.28. The quantitative estimate of drug-likeness (QED) is 0.836. The van der Waals surface area contributed by atoms with E-state index < -0.39 is 10.0 Å². The van der Waals surface area contributed by atoms with Crippen molar-refractivity contribution in [1.82, 2.24) is 0 Å². The van der Waals surface area contributed by atoms with Crippen molar-refractivity contribution >= 4 is 21.5 Å².